The van der Waals surface area contributed by atoms with Crippen molar-refractivity contribution in [3.05, 3.63) is 0 Å². The normalized spacial score (nSPS) is 13.7. The van der Waals surface area contributed by atoms with Gasteiger partial charge in [0, 0.05) is 0 Å². The lowest BCUT2D eigenvalue weighted by Crippen LogP contribution is -2.45. The Kier molecular flexibility index (Phi) is 6.26. The van der Waals surface area contributed by atoms with Gasteiger partial charge in [0.25, 0.3) is 0 Å². The van der Waals surface area contributed by atoms with E-state index in [0.717, 1.165) is 0 Å². The van der Waals surface area contributed by atoms with E-state index < -0.39 is 24.7 Å². The lowest BCUT2D eigenvalue weighted by atomic mass is 10.3. The van der Waals surface area contributed by atoms with Gasteiger partial charge in [-0.15, -0.1) is 0 Å². The van der Waals surface area contributed by atoms with E-state index in [4.69, 9.17) is 5.73 Å². The fraction of sp³-hybridized carbons (Fsp3) is 0.875. The molecule has 0 heterocycles. The van der Waals surface area contributed by atoms with Gasteiger partial charge in [-0.3, -0.25) is 4.79 Å². The fourth-order valence-corrected chi connectivity index (χ4v) is 0.854. The maximum atomic E-state index is 11.7. The summed E-state index contributed by atoms with van der Waals surface area (Å²) in [5.41, 5.74) is 5.22. The van der Waals surface area contributed by atoms with Gasteiger partial charge in [0.2, 0.25) is 5.91 Å². The summed E-state index contributed by atoms with van der Waals surface area (Å²) in [6, 6.07) is -0.640. The number of alkyl halides is 3. The fourth-order valence-electron chi connectivity index (χ4n) is 0.854. The topological polar surface area (TPSA) is 67.1 Å². The molecule has 4 nitrogen and oxygen atoms in total. The molecule has 7 heteroatoms. The van der Waals surface area contributed by atoms with Crippen LogP contribution in [-0.2, 0) is 4.79 Å². The van der Waals surface area contributed by atoms with Crippen LogP contribution >= 0.6 is 0 Å². The maximum absolute atomic E-state index is 11.7. The Labute approximate surface area is 86.4 Å². The average Bonchev–Trinajstić information content (AvgIpc) is 2.13. The number of carbonyl (C=O) groups is 1. The van der Waals surface area contributed by atoms with Crippen molar-refractivity contribution in [3.63, 3.8) is 0 Å². The second-order valence-electron chi connectivity index (χ2n) is 3.15. The quantitative estimate of drug-likeness (QED) is 0.559. The predicted octanol–water partition coefficient (Wildman–Crippen LogP) is -0.00820. The standard InChI is InChI=1S/C8H16F3N3O/c1-6(13-4-2-3-12)7(15)14-5-8(9,10)11/h6,13H,2-5,12H2,1H3,(H,14,15). The molecule has 0 aliphatic carbocycles. The van der Waals surface area contributed by atoms with Gasteiger partial charge in [0.1, 0.15) is 6.54 Å². The molecular weight excluding hydrogens is 211 g/mol. The van der Waals surface area contributed by atoms with Crippen LogP contribution in [0.1, 0.15) is 13.3 Å². The summed E-state index contributed by atoms with van der Waals surface area (Å²) in [5, 5.41) is 4.55. The summed E-state index contributed by atoms with van der Waals surface area (Å²) < 4.78 is 35.2. The van der Waals surface area contributed by atoms with Gasteiger partial charge < -0.3 is 16.4 Å². The van der Waals surface area contributed by atoms with Crippen molar-refractivity contribution in [2.24, 2.45) is 5.73 Å². The summed E-state index contributed by atoms with van der Waals surface area (Å²) in [6.45, 7) is 1.19. The van der Waals surface area contributed by atoms with Gasteiger partial charge >= 0.3 is 6.18 Å². The summed E-state index contributed by atoms with van der Waals surface area (Å²) in [5.74, 6) is -0.663. The van der Waals surface area contributed by atoms with E-state index in [2.05, 4.69) is 5.32 Å². The Hall–Kier alpha value is -0.820. The first-order valence-corrected chi connectivity index (χ1v) is 4.64. The van der Waals surface area contributed by atoms with Crippen LogP contribution in [0.4, 0.5) is 13.2 Å². The van der Waals surface area contributed by atoms with Crippen LogP contribution in [0.15, 0.2) is 0 Å². The highest BCUT2D eigenvalue weighted by Gasteiger charge is 2.28. The van der Waals surface area contributed by atoms with Crippen LogP contribution in [0.3, 0.4) is 0 Å². The Morgan fingerprint density at radius 3 is 2.53 bits per heavy atom. The van der Waals surface area contributed by atoms with Crippen molar-refractivity contribution in [3.8, 4) is 0 Å². The van der Waals surface area contributed by atoms with Crippen molar-refractivity contribution < 1.29 is 18.0 Å². The van der Waals surface area contributed by atoms with Crippen molar-refractivity contribution in [2.45, 2.75) is 25.6 Å². The third-order valence-electron chi connectivity index (χ3n) is 1.69. The van der Waals surface area contributed by atoms with Crippen LogP contribution in [0.2, 0.25) is 0 Å². The van der Waals surface area contributed by atoms with E-state index in [1.807, 2.05) is 0 Å². The molecule has 1 amide bonds. The highest BCUT2D eigenvalue weighted by atomic mass is 19.4. The van der Waals surface area contributed by atoms with E-state index in [9.17, 15) is 18.0 Å². The molecule has 4 N–H and O–H groups in total. The van der Waals surface area contributed by atoms with Crippen LogP contribution in [0.5, 0.6) is 0 Å². The van der Waals surface area contributed by atoms with Gasteiger partial charge in [0.15, 0.2) is 0 Å². The summed E-state index contributed by atoms with van der Waals surface area (Å²) in [6.07, 6.45) is -3.69. The molecule has 90 valence electrons. The monoisotopic (exact) mass is 227 g/mol. The van der Waals surface area contributed by atoms with E-state index >= 15 is 0 Å². The van der Waals surface area contributed by atoms with Crippen molar-refractivity contribution in [1.29, 1.82) is 0 Å². The number of halogens is 3. The molecule has 0 aliphatic heterocycles. The summed E-state index contributed by atoms with van der Waals surface area (Å²) >= 11 is 0. The molecule has 0 rings (SSSR count). The molecule has 0 saturated heterocycles. The molecule has 0 aromatic rings. The van der Waals surface area contributed by atoms with Crippen molar-refractivity contribution >= 4 is 5.91 Å². The minimum atomic E-state index is -4.37. The highest BCUT2D eigenvalue weighted by Crippen LogP contribution is 2.12. The molecule has 0 bridgehead atoms. The molecular formula is C8H16F3N3O. The van der Waals surface area contributed by atoms with Crippen LogP contribution < -0.4 is 16.4 Å². The number of nitrogens with two attached hydrogens (primary N) is 1. The van der Waals surface area contributed by atoms with Crippen molar-refractivity contribution in [2.75, 3.05) is 19.6 Å². The first-order valence-electron chi connectivity index (χ1n) is 4.64. The first kappa shape index (κ1) is 14.2. The van der Waals surface area contributed by atoms with Crippen LogP contribution in [0, 0.1) is 0 Å². The minimum absolute atomic E-state index is 0.476. The molecule has 0 aromatic carbocycles. The van der Waals surface area contributed by atoms with E-state index in [0.29, 0.717) is 19.5 Å². The average molecular weight is 227 g/mol. The molecule has 0 fully saturated rings. The van der Waals surface area contributed by atoms with Crippen molar-refractivity contribution in [1.82, 2.24) is 10.6 Å². The largest absolute Gasteiger partial charge is 0.405 e. The Morgan fingerprint density at radius 2 is 2.07 bits per heavy atom. The minimum Gasteiger partial charge on any atom is -0.346 e. The highest BCUT2D eigenvalue weighted by molar-refractivity contribution is 5.81. The first-order chi connectivity index (χ1) is 6.87. The number of nitrogens with one attached hydrogen (secondary N) is 2. The van der Waals surface area contributed by atoms with E-state index in [1.165, 1.54) is 6.92 Å². The van der Waals surface area contributed by atoms with Gasteiger partial charge in [0.05, 0.1) is 6.04 Å². The van der Waals surface area contributed by atoms with E-state index in [-0.39, 0.29) is 0 Å². The summed E-state index contributed by atoms with van der Waals surface area (Å²) in [4.78, 5) is 11.1. The molecule has 0 spiro atoms. The SMILES string of the molecule is CC(NCCCN)C(=O)NCC(F)(F)F. The Balaban J connectivity index is 3.70. The molecule has 15 heavy (non-hydrogen) atoms. The number of amides is 1. The lowest BCUT2D eigenvalue weighted by molar-refractivity contribution is -0.139. The second-order valence-corrected chi connectivity index (χ2v) is 3.15. The zero-order chi connectivity index (χ0) is 11.9. The molecule has 1 unspecified atom stereocenters. The Bertz CT molecular complexity index is 196. The second kappa shape index (κ2) is 6.62. The van der Waals surface area contributed by atoms with Gasteiger partial charge in [-0.1, -0.05) is 0 Å². The number of carbonyl (C=O) groups excluding carboxylic acids is 1. The smallest absolute Gasteiger partial charge is 0.346 e. The van der Waals surface area contributed by atoms with Crippen LogP contribution in [0.25, 0.3) is 0 Å². The summed E-state index contributed by atoms with van der Waals surface area (Å²) in [7, 11) is 0. The molecule has 0 aromatic heterocycles. The number of hydrogen-bond acceptors (Lipinski definition) is 3. The molecule has 0 aliphatic rings. The van der Waals surface area contributed by atoms with Gasteiger partial charge in [-0.25, -0.2) is 0 Å². The third kappa shape index (κ3) is 8.19. The predicted molar refractivity (Wildman–Crippen MR) is 50.2 cm³/mol. The third-order valence-corrected chi connectivity index (χ3v) is 1.69. The number of hydrogen-bond donors (Lipinski definition) is 3. The molecule has 0 saturated carbocycles. The maximum Gasteiger partial charge on any atom is 0.405 e. The number of rotatable bonds is 6. The van der Waals surface area contributed by atoms with Crippen LogP contribution in [-0.4, -0.2) is 37.8 Å². The lowest BCUT2D eigenvalue weighted by Gasteiger charge is -2.14. The Morgan fingerprint density at radius 1 is 1.47 bits per heavy atom. The van der Waals surface area contributed by atoms with E-state index in [1.54, 1.807) is 5.32 Å². The zero-order valence-electron chi connectivity index (χ0n) is 8.53. The molecule has 1 atom stereocenters. The zero-order valence-corrected chi connectivity index (χ0v) is 8.53. The van der Waals surface area contributed by atoms with Gasteiger partial charge in [-0.05, 0) is 26.4 Å². The molecule has 0 radical (unpaired) electrons. The van der Waals surface area contributed by atoms with Gasteiger partial charge in [-0.2, -0.15) is 13.2 Å².